The predicted octanol–water partition coefficient (Wildman–Crippen LogP) is 2.89. The lowest BCUT2D eigenvalue weighted by Gasteiger charge is -2.20. The first-order chi connectivity index (χ1) is 13.9. The van der Waals surface area contributed by atoms with Crippen molar-refractivity contribution >= 4 is 27.3 Å². The summed E-state index contributed by atoms with van der Waals surface area (Å²) in [5, 5.41) is 2.54. The van der Waals surface area contributed by atoms with Crippen molar-refractivity contribution in [3.05, 3.63) is 48.4 Å². The molecular weight excluding hydrogens is 390 g/mol. The van der Waals surface area contributed by atoms with Crippen molar-refractivity contribution in [3.8, 4) is 0 Å². The van der Waals surface area contributed by atoms with Gasteiger partial charge in [0, 0.05) is 19.0 Å². The molecule has 152 valence electrons. The number of Topliss-reactive ketones (excluding diaryl/α,β-unsaturated/α-hetero) is 1. The molecule has 0 unspecified atom stereocenters. The Morgan fingerprint density at radius 2 is 1.90 bits per heavy atom. The fraction of sp³-hybridized carbons (Fsp3) is 0.429. The van der Waals surface area contributed by atoms with E-state index in [2.05, 4.69) is 15.3 Å². The van der Waals surface area contributed by atoms with E-state index in [1.165, 1.54) is 6.33 Å². The zero-order valence-corrected chi connectivity index (χ0v) is 16.8. The highest BCUT2D eigenvalue weighted by molar-refractivity contribution is 7.92. The van der Waals surface area contributed by atoms with Crippen molar-refractivity contribution in [3.63, 3.8) is 0 Å². The van der Waals surface area contributed by atoms with E-state index in [1.807, 2.05) is 0 Å². The van der Waals surface area contributed by atoms with E-state index in [9.17, 15) is 18.0 Å². The smallest absolute Gasteiger partial charge is 0.233 e. The number of benzene rings is 1. The van der Waals surface area contributed by atoms with Gasteiger partial charge in [-0.1, -0.05) is 12.1 Å². The largest absolute Gasteiger partial charge is 0.310 e. The lowest BCUT2D eigenvalue weighted by atomic mass is 9.87. The van der Waals surface area contributed by atoms with Crippen molar-refractivity contribution in [2.45, 2.75) is 54.6 Å². The number of amides is 1. The minimum atomic E-state index is -3.27. The molecule has 2 fully saturated rings. The fourth-order valence-electron chi connectivity index (χ4n) is 3.86. The highest BCUT2D eigenvalue weighted by Gasteiger charge is 2.37. The number of anilines is 1. The molecule has 8 heteroatoms. The van der Waals surface area contributed by atoms with Gasteiger partial charge in [-0.15, -0.1) is 0 Å². The number of nitrogens with one attached hydrogen (secondary N) is 1. The van der Waals surface area contributed by atoms with Crippen molar-refractivity contribution in [2.75, 3.05) is 5.32 Å². The summed E-state index contributed by atoms with van der Waals surface area (Å²) < 4.78 is 24.9. The van der Waals surface area contributed by atoms with Crippen LogP contribution in [-0.2, 0) is 19.4 Å². The molecule has 0 aliphatic heterocycles. The van der Waals surface area contributed by atoms with Crippen LogP contribution in [0.5, 0.6) is 0 Å². The number of nitrogens with zero attached hydrogens (tertiary/aromatic N) is 2. The topological polar surface area (TPSA) is 106 Å². The maximum absolute atomic E-state index is 13.0. The van der Waals surface area contributed by atoms with Gasteiger partial charge in [0.15, 0.2) is 9.84 Å². The second-order valence-corrected chi connectivity index (χ2v) is 10.1. The molecule has 7 nitrogen and oxygen atoms in total. The van der Waals surface area contributed by atoms with Crippen molar-refractivity contribution in [2.24, 2.45) is 5.92 Å². The molecule has 0 radical (unpaired) electrons. The minimum Gasteiger partial charge on any atom is -0.310 e. The van der Waals surface area contributed by atoms with Gasteiger partial charge in [0.25, 0.3) is 0 Å². The Labute approximate surface area is 169 Å². The number of aromatic nitrogens is 2. The second-order valence-electron chi connectivity index (χ2n) is 7.83. The Bertz CT molecular complexity index is 1000. The van der Waals surface area contributed by atoms with Gasteiger partial charge in [0.1, 0.15) is 17.9 Å². The Kier molecular flexibility index (Phi) is 5.45. The maximum atomic E-state index is 13.0. The van der Waals surface area contributed by atoms with Crippen LogP contribution >= 0.6 is 0 Å². The fourth-order valence-corrected chi connectivity index (χ4v) is 5.52. The molecule has 29 heavy (non-hydrogen) atoms. The van der Waals surface area contributed by atoms with E-state index in [4.69, 9.17) is 0 Å². The predicted molar refractivity (Wildman–Crippen MR) is 107 cm³/mol. The van der Waals surface area contributed by atoms with Crippen LogP contribution < -0.4 is 5.32 Å². The molecule has 1 amide bonds. The molecule has 1 heterocycles. The molecule has 0 saturated heterocycles. The van der Waals surface area contributed by atoms with Crippen LogP contribution in [0.2, 0.25) is 0 Å². The van der Waals surface area contributed by atoms with Crippen LogP contribution in [0.15, 0.2) is 47.8 Å². The number of carbonyl (C=O) groups excluding carboxylic acids is 2. The lowest BCUT2D eigenvalue weighted by Crippen LogP contribution is -2.24. The van der Waals surface area contributed by atoms with Crippen molar-refractivity contribution in [1.82, 2.24) is 9.97 Å². The first-order valence-corrected chi connectivity index (χ1v) is 11.4. The van der Waals surface area contributed by atoms with Crippen molar-refractivity contribution in [1.29, 1.82) is 0 Å². The number of rotatable bonds is 7. The zero-order chi connectivity index (χ0) is 20.4. The third kappa shape index (κ3) is 4.53. The molecule has 2 saturated carbocycles. The van der Waals surface area contributed by atoms with Gasteiger partial charge in [-0.05, 0) is 55.4 Å². The highest BCUT2D eigenvalue weighted by Crippen LogP contribution is 2.36. The number of sulfone groups is 1. The van der Waals surface area contributed by atoms with Crippen LogP contribution in [0.3, 0.4) is 0 Å². The normalized spacial score (nSPS) is 20.4. The molecule has 2 aromatic rings. The SMILES string of the molecule is O=C1CC[C@H](C[C@@H](C(=O)Nc2ccncn2)c2ccc(S(=O)(=O)C3CC3)cc2)C1. The highest BCUT2D eigenvalue weighted by atomic mass is 32.2. The standard InChI is InChI=1S/C21H23N3O4S/c25-16-4-1-14(11-16)12-19(21(26)24-20-9-10-22-13-23-20)15-2-5-17(6-3-15)29(27,28)18-7-8-18/h2-3,5-6,9-10,13-14,18-19H,1,4,7-8,11-12H2,(H,22,23,24,26)/t14-,19+/m0/s1. The number of hydrogen-bond donors (Lipinski definition) is 1. The summed E-state index contributed by atoms with van der Waals surface area (Å²) in [5.41, 5.74) is 0.741. The van der Waals surface area contributed by atoms with Crippen LogP contribution in [0.25, 0.3) is 0 Å². The van der Waals surface area contributed by atoms with Gasteiger partial charge in [0.05, 0.1) is 16.1 Å². The summed E-state index contributed by atoms with van der Waals surface area (Å²) in [6, 6.07) is 8.23. The summed E-state index contributed by atoms with van der Waals surface area (Å²) >= 11 is 0. The Morgan fingerprint density at radius 3 is 2.48 bits per heavy atom. The molecule has 1 aromatic carbocycles. The van der Waals surface area contributed by atoms with Crippen LogP contribution in [0.4, 0.5) is 5.82 Å². The number of ketones is 1. The third-order valence-electron chi connectivity index (χ3n) is 5.64. The molecule has 4 rings (SSSR count). The molecule has 2 atom stereocenters. The Hall–Kier alpha value is -2.61. The summed E-state index contributed by atoms with van der Waals surface area (Å²) in [7, 11) is -3.27. The first-order valence-electron chi connectivity index (χ1n) is 9.86. The average Bonchev–Trinajstić information content (AvgIpc) is 3.50. The van der Waals surface area contributed by atoms with Gasteiger partial charge in [-0.2, -0.15) is 0 Å². The summed E-state index contributed by atoms with van der Waals surface area (Å²) in [6.07, 6.45) is 6.70. The summed E-state index contributed by atoms with van der Waals surface area (Å²) in [4.78, 5) is 32.9. The zero-order valence-electron chi connectivity index (χ0n) is 16.0. The van der Waals surface area contributed by atoms with Gasteiger partial charge in [0.2, 0.25) is 5.91 Å². The summed E-state index contributed by atoms with van der Waals surface area (Å²) in [6.45, 7) is 0. The molecule has 1 N–H and O–H groups in total. The molecule has 0 spiro atoms. The molecule has 1 aromatic heterocycles. The molecule has 2 aliphatic carbocycles. The van der Waals surface area contributed by atoms with E-state index in [0.29, 0.717) is 42.8 Å². The Balaban J connectivity index is 1.57. The van der Waals surface area contributed by atoms with Crippen LogP contribution in [-0.4, -0.2) is 35.3 Å². The van der Waals surface area contributed by atoms with E-state index in [1.54, 1.807) is 36.5 Å². The summed E-state index contributed by atoms with van der Waals surface area (Å²) in [5.74, 6) is 0.0826. The van der Waals surface area contributed by atoms with E-state index in [0.717, 1.165) is 12.0 Å². The molecule has 2 aliphatic rings. The quantitative estimate of drug-likeness (QED) is 0.748. The number of carbonyl (C=O) groups is 2. The van der Waals surface area contributed by atoms with Gasteiger partial charge in [-0.3, -0.25) is 9.59 Å². The molecular formula is C21H23N3O4S. The van der Waals surface area contributed by atoms with E-state index in [-0.39, 0.29) is 22.9 Å². The maximum Gasteiger partial charge on any atom is 0.233 e. The van der Waals surface area contributed by atoms with Gasteiger partial charge in [-0.25, -0.2) is 18.4 Å². The third-order valence-corrected chi connectivity index (χ3v) is 7.92. The molecule has 0 bridgehead atoms. The van der Waals surface area contributed by atoms with Gasteiger partial charge < -0.3 is 5.32 Å². The second kappa shape index (κ2) is 8.02. The van der Waals surface area contributed by atoms with Gasteiger partial charge >= 0.3 is 0 Å². The average molecular weight is 413 g/mol. The number of hydrogen-bond acceptors (Lipinski definition) is 6. The van der Waals surface area contributed by atoms with Crippen LogP contribution in [0, 0.1) is 5.92 Å². The monoisotopic (exact) mass is 413 g/mol. The Morgan fingerprint density at radius 1 is 1.14 bits per heavy atom. The lowest BCUT2D eigenvalue weighted by molar-refractivity contribution is -0.119. The minimum absolute atomic E-state index is 0.151. The van der Waals surface area contributed by atoms with Crippen LogP contribution in [0.1, 0.15) is 50.0 Å². The van der Waals surface area contributed by atoms with E-state index < -0.39 is 15.8 Å². The van der Waals surface area contributed by atoms with E-state index >= 15 is 0 Å². The van der Waals surface area contributed by atoms with Crippen molar-refractivity contribution < 1.29 is 18.0 Å². The first kappa shape index (κ1) is 19.7.